The van der Waals surface area contributed by atoms with Gasteiger partial charge in [0.2, 0.25) is 0 Å². The van der Waals surface area contributed by atoms with E-state index in [1.54, 1.807) is 6.92 Å². The zero-order valence-electron chi connectivity index (χ0n) is 7.49. The molecule has 0 aromatic carbocycles. The van der Waals surface area contributed by atoms with Crippen LogP contribution in [-0.4, -0.2) is 0 Å². The standard InChI is InChI=1S/C5H11.C3H6N.Y/c1-4-5(2)3;1-3(2)4;/h4H2,1-3H3;4H,1H2,2H3;/q2*-1;+3. The van der Waals surface area contributed by atoms with Crippen LogP contribution in [0.3, 0.4) is 0 Å². The maximum Gasteiger partial charge on any atom is 3.00 e. The molecule has 0 aliphatic carbocycles. The van der Waals surface area contributed by atoms with Gasteiger partial charge in [-0.3, -0.25) is 0 Å². The van der Waals surface area contributed by atoms with Crippen molar-refractivity contribution in [3.8, 4) is 0 Å². The van der Waals surface area contributed by atoms with Crippen LogP contribution in [0.15, 0.2) is 12.3 Å². The summed E-state index contributed by atoms with van der Waals surface area (Å²) in [6, 6.07) is 0. The van der Waals surface area contributed by atoms with Gasteiger partial charge in [-0.1, -0.05) is 13.8 Å². The van der Waals surface area contributed by atoms with E-state index in [9.17, 15) is 0 Å². The molecule has 2 heteroatoms. The van der Waals surface area contributed by atoms with Gasteiger partial charge in [0, 0.05) is 0 Å². The van der Waals surface area contributed by atoms with Crippen molar-refractivity contribution in [2.45, 2.75) is 34.1 Å². The second kappa shape index (κ2) is 12.3. The van der Waals surface area contributed by atoms with E-state index in [1.807, 2.05) is 0 Å². The van der Waals surface area contributed by atoms with Crippen LogP contribution in [0.25, 0.3) is 5.73 Å². The predicted octanol–water partition coefficient (Wildman–Crippen LogP) is 3.58. The van der Waals surface area contributed by atoms with Crippen molar-refractivity contribution >= 4 is 0 Å². The van der Waals surface area contributed by atoms with E-state index in [-0.39, 0.29) is 32.7 Å². The number of hydrogen-bond donors (Lipinski definition) is 0. The molecule has 0 rings (SSSR count). The summed E-state index contributed by atoms with van der Waals surface area (Å²) in [5.74, 6) is 1.50. The van der Waals surface area contributed by atoms with E-state index < -0.39 is 0 Å². The van der Waals surface area contributed by atoms with Crippen molar-refractivity contribution < 1.29 is 32.7 Å². The van der Waals surface area contributed by atoms with Crippen molar-refractivity contribution in [2.24, 2.45) is 0 Å². The fourth-order valence-corrected chi connectivity index (χ4v) is 0. The van der Waals surface area contributed by atoms with Crippen molar-refractivity contribution in [3.05, 3.63) is 23.9 Å². The van der Waals surface area contributed by atoms with Gasteiger partial charge in [-0.05, 0) is 0 Å². The fraction of sp³-hybridized carbons (Fsp3) is 0.625. The smallest absolute Gasteiger partial charge is 0.703 e. The Balaban J connectivity index is -0.0000000910. The zero-order chi connectivity index (χ0) is 7.86. The molecule has 0 atom stereocenters. The molecule has 0 heterocycles. The minimum Gasteiger partial charge on any atom is -0.703 e. The molecular formula is C8H17NY+. The van der Waals surface area contributed by atoms with Gasteiger partial charge in [-0.15, -0.1) is 6.58 Å². The van der Waals surface area contributed by atoms with Crippen LogP contribution in [0.4, 0.5) is 0 Å². The predicted molar refractivity (Wildman–Crippen MR) is 44.0 cm³/mol. The van der Waals surface area contributed by atoms with Gasteiger partial charge >= 0.3 is 32.7 Å². The maximum atomic E-state index is 6.39. The van der Waals surface area contributed by atoms with Crippen LogP contribution in [0.1, 0.15) is 34.1 Å². The summed E-state index contributed by atoms with van der Waals surface area (Å²) in [4.78, 5) is 0. The maximum absolute atomic E-state index is 6.39. The summed E-state index contributed by atoms with van der Waals surface area (Å²) in [5, 5.41) is 0. The molecule has 10 heavy (non-hydrogen) atoms. The first-order valence-electron chi connectivity index (χ1n) is 3.16. The fourth-order valence-electron chi connectivity index (χ4n) is 0. The molecule has 0 fully saturated rings. The first-order chi connectivity index (χ1) is 4.00. The van der Waals surface area contributed by atoms with Crippen LogP contribution in [0.2, 0.25) is 0 Å². The normalized spacial score (nSPS) is 7.30. The molecule has 56 valence electrons. The average Bonchev–Trinajstić information content (AvgIpc) is 1.65. The summed E-state index contributed by atoms with van der Waals surface area (Å²) in [6.07, 6.45) is 1.22. The van der Waals surface area contributed by atoms with Gasteiger partial charge in [0.05, 0.1) is 0 Å². The Hall–Kier alpha value is 0.644. The first kappa shape index (κ1) is 16.9. The van der Waals surface area contributed by atoms with E-state index in [2.05, 4.69) is 27.4 Å². The Labute approximate surface area is 90.3 Å². The topological polar surface area (TPSA) is 23.8 Å². The molecule has 0 spiro atoms. The van der Waals surface area contributed by atoms with Crippen LogP contribution in [-0.2, 0) is 32.7 Å². The van der Waals surface area contributed by atoms with Gasteiger partial charge in [0.25, 0.3) is 0 Å². The van der Waals surface area contributed by atoms with Crippen LogP contribution in [0, 0.1) is 5.92 Å². The molecule has 0 aromatic heterocycles. The van der Waals surface area contributed by atoms with E-state index in [4.69, 9.17) is 5.73 Å². The Kier molecular flexibility index (Phi) is 20.9. The van der Waals surface area contributed by atoms with Crippen LogP contribution < -0.4 is 0 Å². The van der Waals surface area contributed by atoms with Gasteiger partial charge in [0.1, 0.15) is 0 Å². The number of hydrogen-bond acceptors (Lipinski definition) is 0. The van der Waals surface area contributed by atoms with Gasteiger partial charge < -0.3 is 11.7 Å². The second-order valence-corrected chi connectivity index (χ2v) is 2.34. The molecule has 0 amide bonds. The van der Waals surface area contributed by atoms with Gasteiger partial charge in [-0.2, -0.15) is 26.0 Å². The molecule has 0 aromatic rings. The molecule has 0 aliphatic rings. The third kappa shape index (κ3) is 72.3. The molecule has 0 aliphatic heterocycles. The summed E-state index contributed by atoms with van der Waals surface area (Å²) in [7, 11) is 0. The van der Waals surface area contributed by atoms with Crippen molar-refractivity contribution in [2.75, 3.05) is 0 Å². The number of nitrogens with one attached hydrogen (secondary N) is 1. The van der Waals surface area contributed by atoms with E-state index in [1.165, 1.54) is 12.3 Å². The summed E-state index contributed by atoms with van der Waals surface area (Å²) >= 11 is 0. The summed E-state index contributed by atoms with van der Waals surface area (Å²) in [6.45, 7) is 11.3. The summed E-state index contributed by atoms with van der Waals surface area (Å²) in [5.41, 5.74) is 6.81. The van der Waals surface area contributed by atoms with E-state index in [0.717, 1.165) is 0 Å². The molecule has 0 bridgehead atoms. The van der Waals surface area contributed by atoms with Crippen LogP contribution in [0.5, 0.6) is 0 Å². The minimum atomic E-state index is 0. The van der Waals surface area contributed by atoms with Crippen molar-refractivity contribution in [1.82, 2.24) is 0 Å². The van der Waals surface area contributed by atoms with Gasteiger partial charge in [0.15, 0.2) is 0 Å². The van der Waals surface area contributed by atoms with Crippen molar-refractivity contribution in [1.29, 1.82) is 0 Å². The van der Waals surface area contributed by atoms with E-state index >= 15 is 0 Å². The van der Waals surface area contributed by atoms with Crippen LogP contribution >= 0.6 is 0 Å². The van der Waals surface area contributed by atoms with Crippen molar-refractivity contribution in [3.63, 3.8) is 0 Å². The molecule has 1 nitrogen and oxygen atoms in total. The number of rotatable bonds is 1. The van der Waals surface area contributed by atoms with Gasteiger partial charge in [-0.25, -0.2) is 0 Å². The molecule has 0 unspecified atom stereocenters. The molecule has 1 N–H and O–H groups in total. The molecule has 0 saturated carbocycles. The Morgan fingerprint density at radius 2 is 1.60 bits per heavy atom. The Bertz CT molecular complexity index is 65.7. The monoisotopic (exact) mass is 216 g/mol. The molecule has 0 saturated heterocycles. The number of allylic oxidation sites excluding steroid dienone is 1. The quantitative estimate of drug-likeness (QED) is 0.598. The average molecular weight is 216 g/mol. The van der Waals surface area contributed by atoms with E-state index in [0.29, 0.717) is 5.70 Å². The third-order valence-electron chi connectivity index (χ3n) is 0.707. The minimum absolute atomic E-state index is 0. The first-order valence-corrected chi connectivity index (χ1v) is 3.16. The Morgan fingerprint density at radius 3 is 1.60 bits per heavy atom. The largest absolute Gasteiger partial charge is 3.00 e. The Morgan fingerprint density at radius 1 is 1.50 bits per heavy atom. The molecular weight excluding hydrogens is 199 g/mol. The molecule has 0 radical (unpaired) electrons. The zero-order valence-corrected chi connectivity index (χ0v) is 10.3. The summed E-state index contributed by atoms with van der Waals surface area (Å²) < 4.78 is 0. The second-order valence-electron chi connectivity index (χ2n) is 2.34. The SMILES string of the molecule is C=C(C)[NH-].CC[C-](C)C.[Y+3]. The third-order valence-corrected chi connectivity index (χ3v) is 0.707.